The summed E-state index contributed by atoms with van der Waals surface area (Å²) < 4.78 is 18.8. The lowest BCUT2D eigenvalue weighted by molar-refractivity contribution is -0.113. The zero-order valence-electron chi connectivity index (χ0n) is 21.3. The number of aromatic nitrogens is 1. The average molecular weight is 540 g/mol. The van der Waals surface area contributed by atoms with E-state index in [4.69, 9.17) is 19.2 Å². The van der Waals surface area contributed by atoms with E-state index in [1.165, 1.54) is 11.3 Å². The van der Waals surface area contributed by atoms with Crippen molar-refractivity contribution in [1.82, 2.24) is 4.57 Å². The zero-order valence-corrected chi connectivity index (χ0v) is 22.2. The van der Waals surface area contributed by atoms with Crippen LogP contribution in [0.25, 0.3) is 6.08 Å². The second kappa shape index (κ2) is 10.3. The zero-order chi connectivity index (χ0) is 26.9. The van der Waals surface area contributed by atoms with Crippen LogP contribution in [0.3, 0.4) is 0 Å². The number of nitrogens with one attached hydrogen (secondary N) is 1. The second-order valence-corrected chi connectivity index (χ2v) is 10.1. The summed E-state index contributed by atoms with van der Waals surface area (Å²) in [6.07, 6.45) is 1.82. The number of hydrogen-bond donors (Lipinski definition) is 1. The molecule has 1 atom stereocenters. The van der Waals surface area contributed by atoms with Crippen LogP contribution in [-0.4, -0.2) is 30.8 Å². The Hall–Kier alpha value is -4.63. The van der Waals surface area contributed by atoms with E-state index in [0.717, 1.165) is 11.1 Å². The Morgan fingerprint density at radius 3 is 2.54 bits per heavy atom. The van der Waals surface area contributed by atoms with Gasteiger partial charge in [-0.1, -0.05) is 47.7 Å². The summed E-state index contributed by atoms with van der Waals surface area (Å²) in [4.78, 5) is 32.8. The lowest BCUT2D eigenvalue weighted by atomic mass is 9.95. The summed E-state index contributed by atoms with van der Waals surface area (Å²) >= 11 is 1.29. The molecule has 6 rings (SSSR count). The number of para-hydroxylation sites is 1. The SMILES string of the molecule is COc1ccc([C@H]2C(C(=O)Nc3ccccc3)=C(C)N=c3s/c(=C\c4ccc5c(c4)OCCO5)c(=O)n32)cc1. The second-order valence-electron chi connectivity index (χ2n) is 9.08. The Morgan fingerprint density at radius 2 is 1.79 bits per heavy atom. The first-order valence-electron chi connectivity index (χ1n) is 12.4. The molecule has 196 valence electrons. The largest absolute Gasteiger partial charge is 0.497 e. The monoisotopic (exact) mass is 539 g/mol. The number of anilines is 1. The third kappa shape index (κ3) is 4.72. The molecule has 0 bridgehead atoms. The summed E-state index contributed by atoms with van der Waals surface area (Å²) in [5.41, 5.74) is 2.97. The van der Waals surface area contributed by atoms with Crippen molar-refractivity contribution in [3.05, 3.63) is 115 Å². The summed E-state index contributed by atoms with van der Waals surface area (Å²) in [5.74, 6) is 1.70. The Balaban J connectivity index is 1.48. The van der Waals surface area contributed by atoms with Gasteiger partial charge in [0.2, 0.25) is 0 Å². The maximum absolute atomic E-state index is 13.9. The van der Waals surface area contributed by atoms with Crippen LogP contribution in [0.4, 0.5) is 5.69 Å². The molecule has 1 amide bonds. The molecule has 4 aromatic rings. The number of amides is 1. The Bertz CT molecular complexity index is 1770. The fourth-order valence-electron chi connectivity index (χ4n) is 4.73. The van der Waals surface area contributed by atoms with E-state index < -0.39 is 6.04 Å². The number of fused-ring (bicyclic) bond motifs is 2. The normalized spacial score (nSPS) is 16.4. The van der Waals surface area contributed by atoms with Gasteiger partial charge in [-0.15, -0.1) is 0 Å². The number of rotatable bonds is 5. The van der Waals surface area contributed by atoms with E-state index in [2.05, 4.69) is 5.32 Å². The molecule has 9 heteroatoms. The number of carbonyl (C=O) groups excluding carboxylic acids is 1. The van der Waals surface area contributed by atoms with Gasteiger partial charge in [0.1, 0.15) is 19.0 Å². The minimum Gasteiger partial charge on any atom is -0.497 e. The molecule has 0 aliphatic carbocycles. The van der Waals surface area contributed by atoms with Crippen molar-refractivity contribution in [3.63, 3.8) is 0 Å². The number of nitrogens with zero attached hydrogens (tertiary/aromatic N) is 2. The van der Waals surface area contributed by atoms with Gasteiger partial charge in [-0.05, 0) is 60.5 Å². The molecule has 2 aliphatic heterocycles. The molecule has 8 nitrogen and oxygen atoms in total. The smallest absolute Gasteiger partial charge is 0.271 e. The van der Waals surface area contributed by atoms with E-state index in [1.807, 2.05) is 78.9 Å². The molecule has 0 radical (unpaired) electrons. The van der Waals surface area contributed by atoms with Gasteiger partial charge in [0.05, 0.1) is 29.0 Å². The van der Waals surface area contributed by atoms with Crippen molar-refractivity contribution in [2.24, 2.45) is 4.99 Å². The number of benzene rings is 3. The summed E-state index contributed by atoms with van der Waals surface area (Å²) in [6, 6.07) is 21.5. The first kappa shape index (κ1) is 24.7. The minimum atomic E-state index is -0.668. The quantitative estimate of drug-likeness (QED) is 0.418. The fraction of sp³-hybridized carbons (Fsp3) is 0.167. The van der Waals surface area contributed by atoms with Crippen molar-refractivity contribution in [3.8, 4) is 17.2 Å². The van der Waals surface area contributed by atoms with Crippen molar-refractivity contribution >= 4 is 29.0 Å². The molecule has 0 spiro atoms. The summed E-state index contributed by atoms with van der Waals surface area (Å²) in [7, 11) is 1.60. The summed E-state index contributed by atoms with van der Waals surface area (Å²) in [6.45, 7) is 2.79. The lowest BCUT2D eigenvalue weighted by Gasteiger charge is -2.25. The number of thiazole rings is 1. The van der Waals surface area contributed by atoms with Crippen LogP contribution in [0.2, 0.25) is 0 Å². The van der Waals surface area contributed by atoms with Gasteiger partial charge in [0.25, 0.3) is 11.5 Å². The highest BCUT2D eigenvalue weighted by Gasteiger charge is 2.32. The highest BCUT2D eigenvalue weighted by atomic mass is 32.1. The Morgan fingerprint density at radius 1 is 1.05 bits per heavy atom. The molecule has 0 saturated heterocycles. The van der Waals surface area contributed by atoms with Crippen LogP contribution < -0.4 is 34.4 Å². The van der Waals surface area contributed by atoms with E-state index in [1.54, 1.807) is 18.6 Å². The predicted octanol–water partition coefficient (Wildman–Crippen LogP) is 3.65. The number of methoxy groups -OCH3 is 1. The van der Waals surface area contributed by atoms with Gasteiger partial charge < -0.3 is 19.5 Å². The molecule has 2 aliphatic rings. The molecule has 3 aromatic carbocycles. The van der Waals surface area contributed by atoms with Crippen LogP contribution in [0.1, 0.15) is 24.1 Å². The number of allylic oxidation sites excluding steroid dienone is 1. The first-order valence-corrected chi connectivity index (χ1v) is 13.3. The van der Waals surface area contributed by atoms with E-state index in [9.17, 15) is 9.59 Å². The number of ether oxygens (including phenoxy) is 3. The van der Waals surface area contributed by atoms with Crippen LogP contribution in [0, 0.1) is 0 Å². The van der Waals surface area contributed by atoms with Gasteiger partial charge >= 0.3 is 0 Å². The Kier molecular flexibility index (Phi) is 6.50. The maximum atomic E-state index is 13.9. The first-order chi connectivity index (χ1) is 19.0. The van der Waals surface area contributed by atoms with Crippen LogP contribution >= 0.6 is 11.3 Å². The molecular formula is C30H25N3O5S. The van der Waals surface area contributed by atoms with Crippen molar-refractivity contribution in [2.75, 3.05) is 25.6 Å². The molecule has 3 heterocycles. The van der Waals surface area contributed by atoms with Crippen LogP contribution in [-0.2, 0) is 4.79 Å². The third-order valence-electron chi connectivity index (χ3n) is 6.59. The van der Waals surface area contributed by atoms with E-state index in [0.29, 0.717) is 56.8 Å². The molecule has 0 fully saturated rings. The molecule has 1 N–H and O–H groups in total. The Labute approximate surface area is 228 Å². The van der Waals surface area contributed by atoms with E-state index in [-0.39, 0.29) is 11.5 Å². The topological polar surface area (TPSA) is 91.2 Å². The van der Waals surface area contributed by atoms with Gasteiger partial charge in [-0.2, -0.15) is 0 Å². The number of carbonyl (C=O) groups is 1. The average Bonchev–Trinajstić information content (AvgIpc) is 3.26. The van der Waals surface area contributed by atoms with Gasteiger partial charge in [-0.25, -0.2) is 4.99 Å². The van der Waals surface area contributed by atoms with Crippen molar-refractivity contribution < 1.29 is 19.0 Å². The predicted molar refractivity (Wildman–Crippen MR) is 149 cm³/mol. The van der Waals surface area contributed by atoms with Gasteiger partial charge in [0, 0.05) is 5.69 Å². The standard InChI is InChI=1S/C30H25N3O5S/c1-18-26(28(34)32-21-6-4-3-5-7-21)27(20-9-11-22(36-2)12-10-20)33-29(35)25(39-30(33)31-18)17-19-8-13-23-24(16-19)38-15-14-37-23/h3-13,16-17,27H,14-15H2,1-2H3,(H,32,34)/b25-17-/t27-/m0/s1. The highest BCUT2D eigenvalue weighted by molar-refractivity contribution is 7.07. The molecular weight excluding hydrogens is 514 g/mol. The fourth-order valence-corrected chi connectivity index (χ4v) is 5.78. The number of hydrogen-bond acceptors (Lipinski definition) is 7. The van der Waals surface area contributed by atoms with Crippen LogP contribution in [0.15, 0.2) is 93.9 Å². The lowest BCUT2D eigenvalue weighted by Crippen LogP contribution is -2.40. The maximum Gasteiger partial charge on any atom is 0.271 e. The van der Waals surface area contributed by atoms with E-state index >= 15 is 0 Å². The molecule has 0 saturated carbocycles. The minimum absolute atomic E-state index is 0.230. The molecule has 0 unspecified atom stereocenters. The van der Waals surface area contributed by atoms with Gasteiger partial charge in [-0.3, -0.25) is 14.2 Å². The van der Waals surface area contributed by atoms with Crippen LogP contribution in [0.5, 0.6) is 17.2 Å². The van der Waals surface area contributed by atoms with Crippen molar-refractivity contribution in [2.45, 2.75) is 13.0 Å². The third-order valence-corrected chi connectivity index (χ3v) is 7.58. The summed E-state index contributed by atoms with van der Waals surface area (Å²) in [5, 5.41) is 2.96. The molecule has 1 aromatic heterocycles. The molecule has 39 heavy (non-hydrogen) atoms. The van der Waals surface area contributed by atoms with Crippen molar-refractivity contribution in [1.29, 1.82) is 0 Å². The highest BCUT2D eigenvalue weighted by Crippen LogP contribution is 2.32. The van der Waals surface area contributed by atoms with Gasteiger partial charge in [0.15, 0.2) is 16.3 Å².